The van der Waals surface area contributed by atoms with E-state index in [-0.39, 0.29) is 30.2 Å². The standard InChI is InChI=1S/C25H34FN4O7P/c1-16-14-21(35-23(16)30-13-12-22(27)28-25(30)32)15-34-38(33,37-20-10-8-18(26)9-11-20)29-17(2)24(31)36-19-6-4-3-5-7-19/h8-13,16-17,19,21,23H,3-7,14-15H2,1-2H3,(H,29,33)(H2,27,28,32)/t16-,17-,21-,23+,38?/m0/s1. The van der Waals surface area contributed by atoms with Gasteiger partial charge in [-0.3, -0.25) is 13.9 Å². The number of aromatic nitrogens is 2. The highest BCUT2D eigenvalue weighted by Gasteiger charge is 2.38. The van der Waals surface area contributed by atoms with Crippen LogP contribution in [-0.4, -0.2) is 40.4 Å². The fraction of sp³-hybridized carbons (Fsp3) is 0.560. The summed E-state index contributed by atoms with van der Waals surface area (Å²) in [4.78, 5) is 28.7. The van der Waals surface area contributed by atoms with Gasteiger partial charge in [-0.1, -0.05) is 13.3 Å². The monoisotopic (exact) mass is 552 g/mol. The lowest BCUT2D eigenvalue weighted by Crippen LogP contribution is -2.38. The fourth-order valence-corrected chi connectivity index (χ4v) is 6.15. The molecular formula is C25H34FN4O7P. The fourth-order valence-electron chi connectivity index (χ4n) is 4.63. The molecule has 0 spiro atoms. The Bertz CT molecular complexity index is 1200. The summed E-state index contributed by atoms with van der Waals surface area (Å²) in [6, 6.07) is 5.43. The quantitative estimate of drug-likeness (QED) is 0.328. The maximum absolute atomic E-state index is 13.8. The summed E-state index contributed by atoms with van der Waals surface area (Å²) < 4.78 is 51.4. The Balaban J connectivity index is 1.43. The molecule has 2 fully saturated rings. The minimum absolute atomic E-state index is 0.0820. The molecule has 2 heterocycles. The van der Waals surface area contributed by atoms with Gasteiger partial charge in [-0.25, -0.2) is 13.8 Å². The number of nitrogen functional groups attached to an aromatic ring is 1. The molecule has 2 aliphatic rings. The van der Waals surface area contributed by atoms with Gasteiger partial charge in [-0.05, 0) is 69.4 Å². The van der Waals surface area contributed by atoms with E-state index in [1.165, 1.54) is 35.9 Å². The summed E-state index contributed by atoms with van der Waals surface area (Å²) in [5.41, 5.74) is 5.04. The van der Waals surface area contributed by atoms with Gasteiger partial charge in [-0.2, -0.15) is 10.1 Å². The molecule has 13 heteroatoms. The summed E-state index contributed by atoms with van der Waals surface area (Å²) in [6.07, 6.45) is 5.39. The molecule has 1 aromatic heterocycles. The van der Waals surface area contributed by atoms with Crippen molar-refractivity contribution >= 4 is 19.5 Å². The number of nitrogens with one attached hydrogen (secondary N) is 1. The summed E-state index contributed by atoms with van der Waals surface area (Å²) >= 11 is 0. The van der Waals surface area contributed by atoms with Crippen molar-refractivity contribution in [1.82, 2.24) is 14.6 Å². The van der Waals surface area contributed by atoms with Crippen LogP contribution in [0.3, 0.4) is 0 Å². The van der Waals surface area contributed by atoms with Crippen molar-refractivity contribution in [2.24, 2.45) is 5.92 Å². The number of ether oxygens (including phenoxy) is 2. The molecule has 208 valence electrons. The van der Waals surface area contributed by atoms with Crippen molar-refractivity contribution in [3.8, 4) is 5.75 Å². The van der Waals surface area contributed by atoms with Crippen LogP contribution >= 0.6 is 7.75 Å². The predicted molar refractivity (Wildman–Crippen MR) is 137 cm³/mol. The minimum atomic E-state index is -4.15. The number of benzene rings is 1. The van der Waals surface area contributed by atoms with E-state index in [2.05, 4.69) is 10.1 Å². The van der Waals surface area contributed by atoms with Crippen molar-refractivity contribution in [3.63, 3.8) is 0 Å². The smallest absolute Gasteiger partial charge is 0.459 e. The summed E-state index contributed by atoms with van der Waals surface area (Å²) in [6.45, 7) is 3.26. The molecule has 38 heavy (non-hydrogen) atoms. The van der Waals surface area contributed by atoms with Crippen LogP contribution in [0.5, 0.6) is 5.75 Å². The first-order valence-corrected chi connectivity index (χ1v) is 14.3. The third-order valence-electron chi connectivity index (χ3n) is 6.59. The van der Waals surface area contributed by atoms with E-state index in [1.54, 1.807) is 0 Å². The molecule has 5 atom stereocenters. The number of halogens is 1. The second kappa shape index (κ2) is 12.4. The van der Waals surface area contributed by atoms with Gasteiger partial charge in [0.1, 0.15) is 35.8 Å². The second-order valence-electron chi connectivity index (χ2n) is 9.79. The maximum Gasteiger partial charge on any atom is 0.459 e. The molecule has 1 saturated carbocycles. The number of hydrogen-bond donors (Lipinski definition) is 2. The van der Waals surface area contributed by atoms with E-state index >= 15 is 0 Å². The number of nitrogens with zero attached hydrogens (tertiary/aromatic N) is 2. The number of rotatable bonds is 10. The van der Waals surface area contributed by atoms with Gasteiger partial charge in [0.05, 0.1) is 12.7 Å². The third kappa shape index (κ3) is 7.41. The first-order chi connectivity index (χ1) is 18.1. The van der Waals surface area contributed by atoms with Crippen LogP contribution in [0, 0.1) is 11.7 Å². The lowest BCUT2D eigenvalue weighted by molar-refractivity contribution is -0.152. The largest absolute Gasteiger partial charge is 0.461 e. The Morgan fingerprint density at radius 3 is 2.66 bits per heavy atom. The predicted octanol–water partition coefficient (Wildman–Crippen LogP) is 3.95. The Morgan fingerprint density at radius 1 is 1.26 bits per heavy atom. The molecule has 1 aromatic carbocycles. The van der Waals surface area contributed by atoms with Crippen LogP contribution in [0.25, 0.3) is 0 Å². The van der Waals surface area contributed by atoms with Crippen molar-refractivity contribution in [1.29, 1.82) is 0 Å². The van der Waals surface area contributed by atoms with Crippen molar-refractivity contribution < 1.29 is 32.3 Å². The number of nitrogens with two attached hydrogens (primary N) is 1. The van der Waals surface area contributed by atoms with Crippen LogP contribution in [0.15, 0.2) is 41.3 Å². The molecule has 2 aromatic rings. The van der Waals surface area contributed by atoms with Gasteiger partial charge in [0, 0.05) is 12.1 Å². The Hall–Kier alpha value is -2.79. The normalized spacial score (nSPS) is 24.4. The minimum Gasteiger partial charge on any atom is -0.461 e. The van der Waals surface area contributed by atoms with Crippen LogP contribution in [-0.2, 0) is 23.4 Å². The molecule has 1 unspecified atom stereocenters. The van der Waals surface area contributed by atoms with Gasteiger partial charge in [0.2, 0.25) is 0 Å². The number of carbonyl (C=O) groups excluding carboxylic acids is 1. The molecule has 0 bridgehead atoms. The first-order valence-electron chi connectivity index (χ1n) is 12.8. The van der Waals surface area contributed by atoms with Crippen LogP contribution in [0.2, 0.25) is 0 Å². The molecular weight excluding hydrogens is 518 g/mol. The lowest BCUT2D eigenvalue weighted by Gasteiger charge is -2.26. The Morgan fingerprint density at radius 2 is 1.97 bits per heavy atom. The van der Waals surface area contributed by atoms with Gasteiger partial charge < -0.3 is 19.7 Å². The molecule has 3 N–H and O–H groups in total. The molecule has 4 rings (SSSR count). The van der Waals surface area contributed by atoms with Gasteiger partial charge >= 0.3 is 19.4 Å². The van der Waals surface area contributed by atoms with Crippen LogP contribution in [0.4, 0.5) is 10.2 Å². The van der Waals surface area contributed by atoms with Crippen LogP contribution in [0.1, 0.15) is 58.6 Å². The highest BCUT2D eigenvalue weighted by atomic mass is 31.2. The Labute approximate surface area is 220 Å². The van der Waals surface area contributed by atoms with E-state index in [1.807, 2.05) is 6.92 Å². The molecule has 1 aliphatic heterocycles. The van der Waals surface area contributed by atoms with Crippen LogP contribution < -0.4 is 21.0 Å². The molecule has 0 amide bonds. The number of carbonyl (C=O) groups is 1. The van der Waals surface area contributed by atoms with Crippen molar-refractivity contribution in [2.45, 2.75) is 76.9 Å². The number of esters is 1. The molecule has 0 radical (unpaired) electrons. The molecule has 11 nitrogen and oxygen atoms in total. The van der Waals surface area contributed by atoms with Crippen molar-refractivity contribution in [2.75, 3.05) is 12.3 Å². The molecule has 1 saturated heterocycles. The SMILES string of the molecule is C[C@H](NP(=O)(OC[C@@H]1C[C@H](C)[C@H](n2ccc(N)nc2=O)O1)Oc1ccc(F)cc1)C(=O)OC1CCCCC1. The second-order valence-corrected chi connectivity index (χ2v) is 11.5. The van der Waals surface area contributed by atoms with Gasteiger partial charge in [0.25, 0.3) is 0 Å². The Kier molecular flexibility index (Phi) is 9.19. The third-order valence-corrected chi connectivity index (χ3v) is 8.23. The summed E-state index contributed by atoms with van der Waals surface area (Å²) in [7, 11) is -4.15. The van der Waals surface area contributed by atoms with E-state index < -0.39 is 43.6 Å². The average Bonchev–Trinajstić information content (AvgIpc) is 3.25. The summed E-state index contributed by atoms with van der Waals surface area (Å²) in [5.74, 6) is -0.936. The zero-order chi connectivity index (χ0) is 27.3. The van der Waals surface area contributed by atoms with E-state index in [0.29, 0.717) is 6.42 Å². The zero-order valence-electron chi connectivity index (χ0n) is 21.5. The topological polar surface area (TPSA) is 144 Å². The number of anilines is 1. The van der Waals surface area contributed by atoms with E-state index in [4.69, 9.17) is 24.3 Å². The van der Waals surface area contributed by atoms with Crippen molar-refractivity contribution in [3.05, 3.63) is 52.8 Å². The van der Waals surface area contributed by atoms with E-state index in [0.717, 1.165) is 44.2 Å². The zero-order valence-corrected chi connectivity index (χ0v) is 22.3. The lowest BCUT2D eigenvalue weighted by atomic mass is 9.98. The highest BCUT2D eigenvalue weighted by molar-refractivity contribution is 7.52. The van der Waals surface area contributed by atoms with E-state index in [9.17, 15) is 18.5 Å². The number of hydrogen-bond acceptors (Lipinski definition) is 9. The first kappa shape index (κ1) is 28.2. The highest BCUT2D eigenvalue weighted by Crippen LogP contribution is 2.46. The average molecular weight is 553 g/mol. The van der Waals surface area contributed by atoms with Gasteiger partial charge in [-0.15, -0.1) is 0 Å². The van der Waals surface area contributed by atoms with Gasteiger partial charge in [0.15, 0.2) is 0 Å². The maximum atomic E-state index is 13.8. The molecule has 1 aliphatic carbocycles. The summed E-state index contributed by atoms with van der Waals surface area (Å²) in [5, 5.41) is 2.65.